The van der Waals surface area contributed by atoms with Crippen molar-refractivity contribution in [2.45, 2.75) is 11.9 Å². The van der Waals surface area contributed by atoms with E-state index in [-0.39, 0.29) is 11.3 Å². The van der Waals surface area contributed by atoms with Gasteiger partial charge in [0.1, 0.15) is 11.1 Å². The lowest BCUT2D eigenvalue weighted by Gasteiger charge is -2.27. The van der Waals surface area contributed by atoms with E-state index in [4.69, 9.17) is 4.74 Å². The summed E-state index contributed by atoms with van der Waals surface area (Å²) in [6.07, 6.45) is 0. The van der Waals surface area contributed by atoms with Gasteiger partial charge in [0, 0.05) is 31.7 Å². The molecule has 4 rings (SSSR count). The van der Waals surface area contributed by atoms with Crippen LogP contribution in [0.3, 0.4) is 0 Å². The first-order valence-electron chi connectivity index (χ1n) is 9.31. The molecule has 5 heteroatoms. The van der Waals surface area contributed by atoms with Crippen LogP contribution in [0.1, 0.15) is 16.5 Å². The molecule has 0 bridgehead atoms. The molecule has 0 saturated carbocycles. The van der Waals surface area contributed by atoms with Gasteiger partial charge in [0.25, 0.3) is 0 Å². The number of fused-ring (bicyclic) bond motifs is 1. The molecule has 1 unspecified atom stereocenters. The molecule has 0 spiro atoms. The fourth-order valence-corrected chi connectivity index (χ4v) is 4.99. The van der Waals surface area contributed by atoms with Crippen molar-refractivity contribution in [1.29, 1.82) is 0 Å². The minimum atomic E-state index is 0.0137. The number of nitrogens with zero attached hydrogens (tertiary/aromatic N) is 2. The molecule has 1 fully saturated rings. The number of carbonyl (C=O) groups is 1. The summed E-state index contributed by atoms with van der Waals surface area (Å²) < 4.78 is 5.34. The molecular formula is C23H24N2O2S. The zero-order valence-electron chi connectivity index (χ0n) is 16.4. The average Bonchev–Trinajstić information content (AvgIpc) is 3.07. The van der Waals surface area contributed by atoms with Gasteiger partial charge in [0.15, 0.2) is 0 Å². The van der Waals surface area contributed by atoms with Crippen molar-refractivity contribution in [2.75, 3.05) is 31.9 Å². The maximum absolute atomic E-state index is 12.7. The van der Waals surface area contributed by atoms with Gasteiger partial charge in [-0.15, -0.1) is 11.8 Å². The molecule has 0 radical (unpaired) electrons. The van der Waals surface area contributed by atoms with Crippen LogP contribution in [-0.2, 0) is 11.3 Å². The highest BCUT2D eigenvalue weighted by molar-refractivity contribution is 8.00. The van der Waals surface area contributed by atoms with Gasteiger partial charge in [0.2, 0.25) is 5.91 Å². The van der Waals surface area contributed by atoms with Gasteiger partial charge in [-0.05, 0) is 34.7 Å². The number of carbonyl (C=O) groups excluding carboxylic acids is 1. The molecule has 1 saturated heterocycles. The number of rotatable bonds is 5. The maximum Gasteiger partial charge on any atom is 0.234 e. The normalized spacial score (nSPS) is 16.6. The third-order valence-corrected chi connectivity index (χ3v) is 6.38. The molecule has 1 amide bonds. The van der Waals surface area contributed by atoms with Gasteiger partial charge < -0.3 is 14.5 Å². The predicted octanol–water partition coefficient (Wildman–Crippen LogP) is 4.69. The van der Waals surface area contributed by atoms with E-state index in [0.29, 0.717) is 12.3 Å². The van der Waals surface area contributed by atoms with Gasteiger partial charge in [0.05, 0.1) is 12.9 Å². The molecule has 3 aromatic carbocycles. The number of thioether (sulfide) groups is 1. The number of hydrogen-bond donors (Lipinski definition) is 0. The number of anilines is 1. The number of methoxy groups -OCH3 is 1. The molecule has 0 aromatic heterocycles. The summed E-state index contributed by atoms with van der Waals surface area (Å²) in [4.78, 5) is 16.8. The van der Waals surface area contributed by atoms with Crippen molar-refractivity contribution < 1.29 is 9.53 Å². The zero-order chi connectivity index (χ0) is 19.7. The van der Waals surface area contributed by atoms with Crippen LogP contribution in [0.25, 0.3) is 10.8 Å². The quantitative estimate of drug-likeness (QED) is 0.631. The largest absolute Gasteiger partial charge is 0.497 e. The molecule has 1 aliphatic rings. The summed E-state index contributed by atoms with van der Waals surface area (Å²) in [5, 5.41) is 2.43. The van der Waals surface area contributed by atoms with E-state index in [1.165, 1.54) is 22.0 Å². The molecule has 28 heavy (non-hydrogen) atoms. The number of hydrogen-bond acceptors (Lipinski definition) is 4. The number of amides is 1. The molecule has 1 atom stereocenters. The molecule has 3 aromatic rings. The van der Waals surface area contributed by atoms with Crippen molar-refractivity contribution >= 4 is 34.1 Å². The Morgan fingerprint density at radius 1 is 1.07 bits per heavy atom. The first kappa shape index (κ1) is 18.7. The summed E-state index contributed by atoms with van der Waals surface area (Å²) >= 11 is 1.70. The Labute approximate surface area is 170 Å². The van der Waals surface area contributed by atoms with Crippen molar-refractivity contribution in [1.82, 2.24) is 4.90 Å². The van der Waals surface area contributed by atoms with Crippen molar-refractivity contribution in [3.8, 4) is 5.75 Å². The van der Waals surface area contributed by atoms with Crippen molar-refractivity contribution in [3.05, 3.63) is 71.8 Å². The first-order chi connectivity index (χ1) is 13.6. The van der Waals surface area contributed by atoms with Gasteiger partial charge >= 0.3 is 0 Å². The molecular weight excluding hydrogens is 368 g/mol. The zero-order valence-corrected chi connectivity index (χ0v) is 17.2. The maximum atomic E-state index is 12.7. The van der Waals surface area contributed by atoms with Crippen molar-refractivity contribution in [3.63, 3.8) is 0 Å². The van der Waals surface area contributed by atoms with E-state index in [2.05, 4.69) is 55.4 Å². The monoisotopic (exact) mass is 392 g/mol. The van der Waals surface area contributed by atoms with E-state index >= 15 is 0 Å². The van der Waals surface area contributed by atoms with Crippen molar-refractivity contribution in [2.24, 2.45) is 0 Å². The Balaban J connectivity index is 1.73. The molecule has 144 valence electrons. The third-order valence-electron chi connectivity index (χ3n) is 5.14. The van der Waals surface area contributed by atoms with Gasteiger partial charge in [-0.1, -0.05) is 42.5 Å². The summed E-state index contributed by atoms with van der Waals surface area (Å²) in [5.74, 6) is 1.51. The minimum absolute atomic E-state index is 0.0137. The third kappa shape index (κ3) is 3.42. The Morgan fingerprint density at radius 3 is 2.61 bits per heavy atom. The number of ether oxygens (including phenoxy) is 1. The van der Waals surface area contributed by atoms with E-state index in [9.17, 15) is 4.79 Å². The van der Waals surface area contributed by atoms with Gasteiger partial charge in [-0.3, -0.25) is 4.79 Å². The highest BCUT2D eigenvalue weighted by Gasteiger charge is 2.34. The topological polar surface area (TPSA) is 32.8 Å². The smallest absolute Gasteiger partial charge is 0.234 e. The Kier molecular flexibility index (Phi) is 5.18. The van der Waals surface area contributed by atoms with E-state index in [0.717, 1.165) is 11.3 Å². The molecule has 1 aliphatic heterocycles. The van der Waals surface area contributed by atoms with Crippen LogP contribution in [-0.4, -0.2) is 37.8 Å². The second kappa shape index (κ2) is 7.76. The molecule has 4 nitrogen and oxygen atoms in total. The fourth-order valence-electron chi connectivity index (χ4n) is 3.76. The Bertz CT molecular complexity index is 1020. The highest BCUT2D eigenvalue weighted by Crippen LogP contribution is 2.43. The Morgan fingerprint density at radius 2 is 1.86 bits per heavy atom. The van der Waals surface area contributed by atoms with Crippen LogP contribution in [0.5, 0.6) is 5.75 Å². The summed E-state index contributed by atoms with van der Waals surface area (Å²) in [6.45, 7) is 0.581. The average molecular weight is 393 g/mol. The van der Waals surface area contributed by atoms with Crippen LogP contribution in [0.4, 0.5) is 5.69 Å². The first-order valence-corrected chi connectivity index (χ1v) is 10.4. The van der Waals surface area contributed by atoms with Crippen LogP contribution < -0.4 is 9.64 Å². The predicted molar refractivity (Wildman–Crippen MR) is 117 cm³/mol. The lowest BCUT2D eigenvalue weighted by molar-refractivity contribution is -0.128. The SMILES string of the molecule is COc1cccc(CN2C(=O)CSC2c2ccc(N(C)C)c3ccccc23)c1. The molecule has 0 N–H and O–H groups in total. The lowest BCUT2D eigenvalue weighted by atomic mass is 10.0. The van der Waals surface area contributed by atoms with Crippen LogP contribution in [0, 0.1) is 0 Å². The van der Waals surface area contributed by atoms with Crippen LogP contribution >= 0.6 is 11.8 Å². The standard InChI is InChI=1S/C23H24N2O2S/c1-24(2)21-12-11-20(18-9-4-5-10-19(18)21)23-25(22(26)15-28-23)14-16-7-6-8-17(13-16)27-3/h4-13,23H,14-15H2,1-3H3. The summed E-state index contributed by atoms with van der Waals surface area (Å²) in [5.41, 5.74) is 3.46. The van der Waals surface area contributed by atoms with E-state index < -0.39 is 0 Å². The fraction of sp³-hybridized carbons (Fsp3) is 0.261. The lowest BCUT2D eigenvalue weighted by Crippen LogP contribution is -2.27. The van der Waals surface area contributed by atoms with Gasteiger partial charge in [-0.25, -0.2) is 0 Å². The van der Waals surface area contributed by atoms with Gasteiger partial charge in [-0.2, -0.15) is 0 Å². The number of benzene rings is 3. The highest BCUT2D eigenvalue weighted by atomic mass is 32.2. The summed E-state index contributed by atoms with van der Waals surface area (Å²) in [7, 11) is 5.78. The van der Waals surface area contributed by atoms with Crippen LogP contribution in [0.15, 0.2) is 60.7 Å². The van der Waals surface area contributed by atoms with Crippen LogP contribution in [0.2, 0.25) is 0 Å². The minimum Gasteiger partial charge on any atom is -0.497 e. The van der Waals surface area contributed by atoms with E-state index in [1.807, 2.05) is 29.2 Å². The molecule has 0 aliphatic carbocycles. The second-order valence-corrected chi connectivity index (χ2v) is 8.22. The Hall–Kier alpha value is -2.66. The summed E-state index contributed by atoms with van der Waals surface area (Å²) in [6, 6.07) is 20.7. The second-order valence-electron chi connectivity index (χ2n) is 7.15. The molecule has 1 heterocycles. The van der Waals surface area contributed by atoms with E-state index in [1.54, 1.807) is 18.9 Å².